The van der Waals surface area contributed by atoms with Crippen LogP contribution in [0.15, 0.2) is 18.0 Å². The minimum atomic E-state index is 0.549. The monoisotopic (exact) mass is 190 g/mol. The van der Waals surface area contributed by atoms with Crippen LogP contribution in [0.5, 0.6) is 0 Å². The molecule has 0 fully saturated rings. The van der Waals surface area contributed by atoms with Gasteiger partial charge in [-0.1, -0.05) is 26.0 Å². The van der Waals surface area contributed by atoms with Gasteiger partial charge in [0.2, 0.25) is 0 Å². The minimum Gasteiger partial charge on any atom is -0.345 e. The van der Waals surface area contributed by atoms with Crippen molar-refractivity contribution in [1.82, 2.24) is 9.97 Å². The number of nitrogens with zero attached hydrogens (tertiary/aromatic N) is 1. The number of hydrogen-bond donors (Lipinski definition) is 1. The second-order valence-corrected chi connectivity index (χ2v) is 3.58. The van der Waals surface area contributed by atoms with Crippen molar-refractivity contribution >= 4 is 12.2 Å². The summed E-state index contributed by atoms with van der Waals surface area (Å²) < 4.78 is 0. The largest absolute Gasteiger partial charge is 0.345 e. The molecule has 1 aromatic rings. The molecule has 0 radical (unpaired) electrons. The highest BCUT2D eigenvalue weighted by Gasteiger charge is 1.97. The molecule has 1 N–H and O–H groups in total. The van der Waals surface area contributed by atoms with Gasteiger partial charge in [0.15, 0.2) is 0 Å². The molecule has 1 rings (SSSR count). The molecule has 76 valence electrons. The Hall–Kier alpha value is -1.31. The van der Waals surface area contributed by atoms with Gasteiger partial charge in [0.25, 0.3) is 0 Å². The lowest BCUT2D eigenvalue weighted by Crippen LogP contribution is -2.24. The zero-order chi connectivity index (χ0) is 10.6. The number of hydrogen-bond acceptors (Lipinski definition) is 1. The second-order valence-electron chi connectivity index (χ2n) is 3.58. The maximum Gasteiger partial charge on any atom is 0.0931 e. The summed E-state index contributed by atoms with van der Waals surface area (Å²) in [6.45, 7) is 8.45. The lowest BCUT2D eigenvalue weighted by Gasteiger charge is -2.03. The van der Waals surface area contributed by atoms with E-state index in [-0.39, 0.29) is 0 Å². The molecule has 0 aromatic carbocycles. The summed E-state index contributed by atoms with van der Waals surface area (Å²) in [5.74, 6) is 0.549. The molecule has 0 aliphatic carbocycles. The number of rotatable bonds is 2. The first-order valence-corrected chi connectivity index (χ1v) is 5.02. The third kappa shape index (κ3) is 2.34. The van der Waals surface area contributed by atoms with Gasteiger partial charge in [-0.3, -0.25) is 0 Å². The van der Waals surface area contributed by atoms with Crippen molar-refractivity contribution in [2.24, 2.45) is 5.92 Å². The van der Waals surface area contributed by atoms with E-state index in [1.165, 1.54) is 5.57 Å². The molecule has 0 amide bonds. The summed E-state index contributed by atoms with van der Waals surface area (Å²) in [4.78, 5) is 7.35. The van der Waals surface area contributed by atoms with Gasteiger partial charge >= 0.3 is 0 Å². The predicted octanol–water partition coefficient (Wildman–Crippen LogP) is 1.59. The second kappa shape index (κ2) is 4.80. The lowest BCUT2D eigenvalue weighted by molar-refractivity contribution is 0.799. The molecular formula is C12H18N2. The van der Waals surface area contributed by atoms with Gasteiger partial charge in [-0.25, -0.2) is 4.98 Å². The molecule has 0 atom stereocenters. The van der Waals surface area contributed by atoms with Crippen LogP contribution in [0, 0.1) is 5.92 Å². The summed E-state index contributed by atoms with van der Waals surface area (Å²) in [5, 5.41) is 2.11. The van der Waals surface area contributed by atoms with Gasteiger partial charge in [-0.05, 0) is 31.4 Å². The number of H-pyrrole nitrogens is 1. The zero-order valence-corrected chi connectivity index (χ0v) is 9.33. The average Bonchev–Trinajstić information content (AvgIpc) is 2.60. The first-order chi connectivity index (χ1) is 6.69. The highest BCUT2D eigenvalue weighted by atomic mass is 14.8. The summed E-state index contributed by atoms with van der Waals surface area (Å²) in [6, 6.07) is 0. The Morgan fingerprint density at radius 1 is 1.43 bits per heavy atom. The topological polar surface area (TPSA) is 28.7 Å². The average molecular weight is 190 g/mol. The van der Waals surface area contributed by atoms with E-state index in [0.29, 0.717) is 5.92 Å². The Labute approximate surface area is 85.1 Å². The molecule has 14 heavy (non-hydrogen) atoms. The van der Waals surface area contributed by atoms with Crippen molar-refractivity contribution in [2.45, 2.75) is 27.7 Å². The molecule has 0 bridgehead atoms. The van der Waals surface area contributed by atoms with Gasteiger partial charge < -0.3 is 4.98 Å². The molecule has 0 saturated heterocycles. The molecule has 1 aromatic heterocycles. The Kier molecular flexibility index (Phi) is 3.69. The van der Waals surface area contributed by atoms with Crippen LogP contribution < -0.4 is 10.7 Å². The van der Waals surface area contributed by atoms with Crippen LogP contribution in [-0.4, -0.2) is 9.97 Å². The molecule has 2 nitrogen and oxygen atoms in total. The van der Waals surface area contributed by atoms with Crippen LogP contribution in [0.4, 0.5) is 0 Å². The normalized spacial score (nSPS) is 15.6. The standard InChI is InChI=1S/C12H18N2/c1-5-10(9(3)4)7-12-11(6-2)13-8-14-12/h5-9H,1-4H3,(H,13,14)/b10-5+,11-6+,12-7+. The Bertz CT molecular complexity index is 421. The van der Waals surface area contributed by atoms with E-state index in [1.54, 1.807) is 6.33 Å². The number of allylic oxidation sites excluding steroid dienone is 2. The van der Waals surface area contributed by atoms with Crippen molar-refractivity contribution in [2.75, 3.05) is 0 Å². The zero-order valence-electron chi connectivity index (χ0n) is 9.33. The Morgan fingerprint density at radius 3 is 2.64 bits per heavy atom. The van der Waals surface area contributed by atoms with Gasteiger partial charge in [0.1, 0.15) is 0 Å². The number of aromatic amines is 1. The van der Waals surface area contributed by atoms with Crippen molar-refractivity contribution in [3.63, 3.8) is 0 Å². The van der Waals surface area contributed by atoms with Crippen molar-refractivity contribution in [3.8, 4) is 0 Å². The van der Waals surface area contributed by atoms with Crippen molar-refractivity contribution in [3.05, 3.63) is 28.7 Å². The molecule has 2 heteroatoms. The SMILES string of the molecule is C\C=C(/C=c1/[nH]cn/c1=C/C)C(C)C. The molecule has 1 heterocycles. The maximum absolute atomic E-state index is 4.21. The summed E-state index contributed by atoms with van der Waals surface area (Å²) >= 11 is 0. The number of aromatic nitrogens is 2. The van der Waals surface area contributed by atoms with Crippen molar-refractivity contribution < 1.29 is 0 Å². The Balaban J connectivity index is 3.23. The van der Waals surface area contributed by atoms with Gasteiger partial charge in [-0.15, -0.1) is 0 Å². The van der Waals surface area contributed by atoms with Crippen molar-refractivity contribution in [1.29, 1.82) is 0 Å². The van der Waals surface area contributed by atoms with Gasteiger partial charge in [-0.2, -0.15) is 0 Å². The first kappa shape index (κ1) is 10.8. The third-order valence-electron chi connectivity index (χ3n) is 2.28. The van der Waals surface area contributed by atoms with Gasteiger partial charge in [0, 0.05) is 0 Å². The summed E-state index contributed by atoms with van der Waals surface area (Å²) in [7, 11) is 0. The van der Waals surface area contributed by atoms with Crippen LogP contribution >= 0.6 is 0 Å². The quantitative estimate of drug-likeness (QED) is 0.754. The lowest BCUT2D eigenvalue weighted by atomic mass is 10.0. The van der Waals surface area contributed by atoms with Gasteiger partial charge in [0.05, 0.1) is 17.0 Å². The van der Waals surface area contributed by atoms with Crippen LogP contribution in [0.1, 0.15) is 27.7 Å². The van der Waals surface area contributed by atoms with E-state index in [1.807, 2.05) is 13.0 Å². The van der Waals surface area contributed by atoms with E-state index in [2.05, 4.69) is 42.9 Å². The molecule has 0 unspecified atom stereocenters. The van der Waals surface area contributed by atoms with E-state index in [4.69, 9.17) is 0 Å². The fraction of sp³-hybridized carbons (Fsp3) is 0.417. The van der Waals surface area contributed by atoms with Crippen LogP contribution in [0.25, 0.3) is 12.2 Å². The van der Waals surface area contributed by atoms with E-state index < -0.39 is 0 Å². The van der Waals surface area contributed by atoms with Crippen LogP contribution in [0.2, 0.25) is 0 Å². The highest BCUT2D eigenvalue weighted by Crippen LogP contribution is 2.09. The van der Waals surface area contributed by atoms with E-state index in [9.17, 15) is 0 Å². The molecule has 0 aliphatic heterocycles. The number of imidazole rings is 1. The van der Waals surface area contributed by atoms with E-state index >= 15 is 0 Å². The molecule has 0 saturated carbocycles. The Morgan fingerprint density at radius 2 is 2.14 bits per heavy atom. The van der Waals surface area contributed by atoms with Crippen LogP contribution in [0.3, 0.4) is 0 Å². The summed E-state index contributed by atoms with van der Waals surface area (Å²) in [5.41, 5.74) is 1.33. The molecular weight excluding hydrogens is 172 g/mol. The fourth-order valence-corrected chi connectivity index (χ4v) is 1.41. The number of nitrogens with one attached hydrogen (secondary N) is 1. The maximum atomic E-state index is 4.21. The van der Waals surface area contributed by atoms with Crippen LogP contribution in [-0.2, 0) is 0 Å². The minimum absolute atomic E-state index is 0.549. The molecule has 0 aliphatic rings. The first-order valence-electron chi connectivity index (χ1n) is 5.02. The van der Waals surface area contributed by atoms with E-state index in [0.717, 1.165) is 10.7 Å². The fourth-order valence-electron chi connectivity index (χ4n) is 1.41. The predicted molar refractivity (Wildman–Crippen MR) is 61.0 cm³/mol. The highest BCUT2D eigenvalue weighted by molar-refractivity contribution is 5.46. The summed E-state index contributed by atoms with van der Waals surface area (Å²) in [6.07, 6.45) is 8.04. The molecule has 0 spiro atoms. The smallest absolute Gasteiger partial charge is 0.0931 e. The third-order valence-corrected chi connectivity index (χ3v) is 2.28.